The highest BCUT2D eigenvalue weighted by Crippen LogP contribution is 2.22. The molecule has 0 saturated carbocycles. The Labute approximate surface area is 122 Å². The van der Waals surface area contributed by atoms with Gasteiger partial charge in [0.25, 0.3) is 0 Å². The fourth-order valence-corrected chi connectivity index (χ4v) is 1.96. The number of carbonyl (C=O) groups is 1. The molecule has 2 atom stereocenters. The Balaban J connectivity index is 0.00000324. The summed E-state index contributed by atoms with van der Waals surface area (Å²) in [5, 5.41) is 2.93. The van der Waals surface area contributed by atoms with Crippen molar-refractivity contribution in [1.29, 1.82) is 0 Å². The summed E-state index contributed by atoms with van der Waals surface area (Å²) in [6.07, 6.45) is 2.36. The molecular formula is C15H25ClN2O. The first-order valence-electron chi connectivity index (χ1n) is 6.70. The van der Waals surface area contributed by atoms with Crippen LogP contribution in [-0.2, 0) is 4.79 Å². The zero-order valence-corrected chi connectivity index (χ0v) is 12.6. The molecule has 0 saturated heterocycles. The van der Waals surface area contributed by atoms with Crippen LogP contribution in [0.5, 0.6) is 0 Å². The lowest BCUT2D eigenvalue weighted by Crippen LogP contribution is -2.29. The molecule has 3 N–H and O–H groups in total. The van der Waals surface area contributed by atoms with E-state index in [-0.39, 0.29) is 24.4 Å². The van der Waals surface area contributed by atoms with Crippen molar-refractivity contribution in [3.05, 3.63) is 35.9 Å². The summed E-state index contributed by atoms with van der Waals surface area (Å²) in [5.41, 5.74) is 6.88. The molecule has 0 bridgehead atoms. The van der Waals surface area contributed by atoms with Crippen molar-refractivity contribution < 1.29 is 4.79 Å². The largest absolute Gasteiger partial charge is 0.356 e. The summed E-state index contributed by atoms with van der Waals surface area (Å²) in [7, 11) is 0. The smallest absolute Gasteiger partial charge is 0.220 e. The summed E-state index contributed by atoms with van der Waals surface area (Å²) in [6, 6.07) is 10.4. The van der Waals surface area contributed by atoms with Crippen LogP contribution in [0.2, 0.25) is 0 Å². The second-order valence-corrected chi connectivity index (χ2v) is 4.84. The molecule has 0 aliphatic rings. The van der Waals surface area contributed by atoms with Crippen LogP contribution in [0.3, 0.4) is 0 Å². The van der Waals surface area contributed by atoms with Gasteiger partial charge in [-0.05, 0) is 31.2 Å². The minimum absolute atomic E-state index is 0. The Morgan fingerprint density at radius 3 is 2.47 bits per heavy atom. The lowest BCUT2D eigenvalue weighted by atomic mass is 9.93. The number of benzene rings is 1. The Kier molecular flexibility index (Phi) is 9.27. The molecule has 19 heavy (non-hydrogen) atoms. The average molecular weight is 285 g/mol. The van der Waals surface area contributed by atoms with Gasteiger partial charge in [-0.15, -0.1) is 12.4 Å². The van der Waals surface area contributed by atoms with Gasteiger partial charge in [0.05, 0.1) is 0 Å². The highest BCUT2D eigenvalue weighted by atomic mass is 35.5. The van der Waals surface area contributed by atoms with Crippen molar-refractivity contribution in [2.75, 3.05) is 6.54 Å². The maximum atomic E-state index is 11.8. The van der Waals surface area contributed by atoms with Crippen molar-refractivity contribution in [3.63, 3.8) is 0 Å². The van der Waals surface area contributed by atoms with E-state index in [0.29, 0.717) is 18.9 Å². The number of hydrogen-bond acceptors (Lipinski definition) is 2. The molecular weight excluding hydrogens is 260 g/mol. The molecule has 3 nitrogen and oxygen atoms in total. The number of halogens is 1. The van der Waals surface area contributed by atoms with Gasteiger partial charge in [-0.2, -0.15) is 0 Å². The van der Waals surface area contributed by atoms with Crippen LogP contribution >= 0.6 is 12.4 Å². The molecule has 0 spiro atoms. The highest BCUT2D eigenvalue weighted by molar-refractivity contribution is 5.85. The van der Waals surface area contributed by atoms with E-state index in [0.717, 1.165) is 12.8 Å². The minimum atomic E-state index is 0. The molecule has 1 aromatic carbocycles. The number of nitrogens with two attached hydrogens (primary N) is 1. The van der Waals surface area contributed by atoms with E-state index < -0.39 is 0 Å². The highest BCUT2D eigenvalue weighted by Gasteiger charge is 2.13. The first-order chi connectivity index (χ1) is 8.63. The molecule has 108 valence electrons. The summed E-state index contributed by atoms with van der Waals surface area (Å²) < 4.78 is 0. The van der Waals surface area contributed by atoms with Gasteiger partial charge < -0.3 is 11.1 Å². The van der Waals surface area contributed by atoms with Crippen LogP contribution in [0.25, 0.3) is 0 Å². The molecule has 4 heteroatoms. The number of rotatable bonds is 7. The van der Waals surface area contributed by atoms with Gasteiger partial charge >= 0.3 is 0 Å². The molecule has 0 radical (unpaired) electrons. The van der Waals surface area contributed by atoms with Crippen molar-refractivity contribution in [2.45, 2.75) is 45.1 Å². The SMILES string of the molecule is CCC(CC(=O)NCCC(C)N)c1ccccc1.Cl. The van der Waals surface area contributed by atoms with Crippen molar-refractivity contribution >= 4 is 18.3 Å². The Morgan fingerprint density at radius 2 is 1.95 bits per heavy atom. The maximum Gasteiger partial charge on any atom is 0.220 e. The normalized spacial score (nSPS) is 13.2. The fourth-order valence-electron chi connectivity index (χ4n) is 1.96. The summed E-state index contributed by atoms with van der Waals surface area (Å²) in [5.74, 6) is 0.424. The van der Waals surface area contributed by atoms with Gasteiger partial charge in [0.15, 0.2) is 0 Å². The van der Waals surface area contributed by atoms with E-state index in [1.54, 1.807) is 0 Å². The van der Waals surface area contributed by atoms with E-state index in [2.05, 4.69) is 24.4 Å². The quantitative estimate of drug-likeness (QED) is 0.809. The number of amides is 1. The second kappa shape index (κ2) is 9.82. The maximum absolute atomic E-state index is 11.8. The molecule has 0 fully saturated rings. The van der Waals surface area contributed by atoms with Crippen LogP contribution in [0, 0.1) is 0 Å². The molecule has 0 aliphatic heterocycles. The third kappa shape index (κ3) is 7.19. The van der Waals surface area contributed by atoms with Gasteiger partial charge in [0.1, 0.15) is 0 Å². The van der Waals surface area contributed by atoms with Crippen LogP contribution in [0.15, 0.2) is 30.3 Å². The van der Waals surface area contributed by atoms with Crippen molar-refractivity contribution in [2.24, 2.45) is 5.73 Å². The average Bonchev–Trinajstić information content (AvgIpc) is 2.36. The van der Waals surface area contributed by atoms with E-state index in [1.165, 1.54) is 5.56 Å². The van der Waals surface area contributed by atoms with E-state index in [9.17, 15) is 4.79 Å². The summed E-state index contributed by atoms with van der Waals surface area (Å²) in [4.78, 5) is 11.8. The third-order valence-electron chi connectivity index (χ3n) is 3.12. The molecule has 2 unspecified atom stereocenters. The monoisotopic (exact) mass is 284 g/mol. The lowest BCUT2D eigenvalue weighted by Gasteiger charge is -2.15. The lowest BCUT2D eigenvalue weighted by molar-refractivity contribution is -0.121. The Hall–Kier alpha value is -1.06. The van der Waals surface area contributed by atoms with Gasteiger partial charge in [-0.1, -0.05) is 37.3 Å². The molecule has 1 aromatic rings. The topological polar surface area (TPSA) is 55.1 Å². The molecule has 1 amide bonds. The summed E-state index contributed by atoms with van der Waals surface area (Å²) >= 11 is 0. The molecule has 0 aliphatic carbocycles. The third-order valence-corrected chi connectivity index (χ3v) is 3.12. The van der Waals surface area contributed by atoms with Gasteiger partial charge in [0.2, 0.25) is 5.91 Å². The zero-order chi connectivity index (χ0) is 13.4. The van der Waals surface area contributed by atoms with Crippen LogP contribution in [0.4, 0.5) is 0 Å². The Bertz CT molecular complexity index is 354. The second-order valence-electron chi connectivity index (χ2n) is 4.84. The molecule has 0 aromatic heterocycles. The van der Waals surface area contributed by atoms with Gasteiger partial charge in [-0.25, -0.2) is 0 Å². The molecule has 0 heterocycles. The van der Waals surface area contributed by atoms with Gasteiger partial charge in [0, 0.05) is 19.0 Å². The van der Waals surface area contributed by atoms with Crippen LogP contribution < -0.4 is 11.1 Å². The standard InChI is InChI=1S/C15H24N2O.ClH/c1-3-13(14-7-5-4-6-8-14)11-15(18)17-10-9-12(2)16;/h4-8,12-13H,3,9-11,16H2,1-2H3,(H,17,18);1H. The Morgan fingerprint density at radius 1 is 1.32 bits per heavy atom. The van der Waals surface area contributed by atoms with Crippen molar-refractivity contribution in [1.82, 2.24) is 5.32 Å². The number of hydrogen-bond donors (Lipinski definition) is 2. The van der Waals surface area contributed by atoms with Crippen LogP contribution in [-0.4, -0.2) is 18.5 Å². The first-order valence-corrected chi connectivity index (χ1v) is 6.70. The minimum Gasteiger partial charge on any atom is -0.356 e. The predicted octanol–water partition coefficient (Wildman–Crippen LogP) is 2.85. The first kappa shape index (κ1) is 17.9. The van der Waals surface area contributed by atoms with E-state index in [4.69, 9.17) is 5.73 Å². The predicted molar refractivity (Wildman–Crippen MR) is 82.6 cm³/mol. The number of carbonyl (C=O) groups excluding carboxylic acids is 1. The molecule has 1 rings (SSSR count). The van der Waals surface area contributed by atoms with E-state index in [1.807, 2.05) is 25.1 Å². The van der Waals surface area contributed by atoms with E-state index >= 15 is 0 Å². The number of nitrogens with one attached hydrogen (secondary N) is 1. The van der Waals surface area contributed by atoms with Crippen LogP contribution in [0.1, 0.15) is 44.6 Å². The van der Waals surface area contributed by atoms with Crippen molar-refractivity contribution in [3.8, 4) is 0 Å². The zero-order valence-electron chi connectivity index (χ0n) is 11.8. The fraction of sp³-hybridized carbons (Fsp3) is 0.533. The summed E-state index contributed by atoms with van der Waals surface area (Å²) in [6.45, 7) is 4.74. The van der Waals surface area contributed by atoms with Gasteiger partial charge in [-0.3, -0.25) is 4.79 Å².